The SMILES string of the molecule is CC.CCC(C)CC.Cc1cc(C)cc(-c2cc(C)c(-c3cccc(-c4nccn4-c4c(N(C)C)cc(-c5ccccc5)cc4N(C)C)c3)cc2C)c1. The molecule has 0 amide bonds. The summed E-state index contributed by atoms with van der Waals surface area (Å²) >= 11 is 0. The number of anilines is 2. The van der Waals surface area contributed by atoms with Crippen molar-refractivity contribution in [3.05, 3.63) is 132 Å². The molecule has 6 aromatic rings. The Balaban J connectivity index is 0.000000714. The Morgan fingerprint density at radius 2 is 1.08 bits per heavy atom. The summed E-state index contributed by atoms with van der Waals surface area (Å²) in [5.41, 5.74) is 16.9. The first-order chi connectivity index (χ1) is 25.4. The Bertz CT molecular complexity index is 2030. The predicted octanol–water partition coefficient (Wildman–Crippen LogP) is 13.4. The number of rotatable bonds is 9. The van der Waals surface area contributed by atoms with Gasteiger partial charge in [0.25, 0.3) is 0 Å². The third kappa shape index (κ3) is 9.67. The molecule has 0 bridgehead atoms. The van der Waals surface area contributed by atoms with Crippen LogP contribution in [0.3, 0.4) is 0 Å². The Morgan fingerprint density at radius 1 is 0.566 bits per heavy atom. The number of nitrogens with zero attached hydrogens (tertiary/aromatic N) is 4. The van der Waals surface area contributed by atoms with E-state index in [2.05, 4.69) is 194 Å². The average molecular weight is 707 g/mol. The second-order valence-electron chi connectivity index (χ2n) is 14.5. The molecule has 0 aliphatic heterocycles. The van der Waals surface area contributed by atoms with E-state index in [4.69, 9.17) is 4.98 Å². The van der Waals surface area contributed by atoms with E-state index in [9.17, 15) is 0 Å². The van der Waals surface area contributed by atoms with E-state index in [0.717, 1.165) is 34.4 Å². The molecular formula is C49H62N4. The van der Waals surface area contributed by atoms with E-state index in [-0.39, 0.29) is 0 Å². The number of hydrogen-bond donors (Lipinski definition) is 0. The average Bonchev–Trinajstić information content (AvgIpc) is 3.65. The maximum atomic E-state index is 4.92. The van der Waals surface area contributed by atoms with Crippen LogP contribution in [0, 0.1) is 33.6 Å². The van der Waals surface area contributed by atoms with Crippen molar-refractivity contribution in [1.29, 1.82) is 0 Å². The lowest BCUT2D eigenvalue weighted by atomic mass is 9.90. The van der Waals surface area contributed by atoms with Gasteiger partial charge in [-0.25, -0.2) is 4.98 Å². The van der Waals surface area contributed by atoms with Crippen LogP contribution in [0.4, 0.5) is 11.4 Å². The van der Waals surface area contributed by atoms with Gasteiger partial charge in [0.05, 0.1) is 17.1 Å². The Kier molecular flexibility index (Phi) is 14.3. The molecule has 0 unspecified atom stereocenters. The summed E-state index contributed by atoms with van der Waals surface area (Å²) in [6.45, 7) is 19.5. The maximum Gasteiger partial charge on any atom is 0.144 e. The van der Waals surface area contributed by atoms with Gasteiger partial charge >= 0.3 is 0 Å². The molecule has 4 heteroatoms. The lowest BCUT2D eigenvalue weighted by molar-refractivity contribution is 0.544. The molecule has 1 aromatic heterocycles. The zero-order valence-electron chi connectivity index (χ0n) is 34.7. The highest BCUT2D eigenvalue weighted by Gasteiger charge is 2.20. The summed E-state index contributed by atoms with van der Waals surface area (Å²) in [5, 5.41) is 0. The molecule has 278 valence electrons. The summed E-state index contributed by atoms with van der Waals surface area (Å²) in [4.78, 5) is 9.30. The van der Waals surface area contributed by atoms with Crippen LogP contribution in [0.5, 0.6) is 0 Å². The highest BCUT2D eigenvalue weighted by molar-refractivity contribution is 5.86. The van der Waals surface area contributed by atoms with E-state index < -0.39 is 0 Å². The molecule has 0 aliphatic carbocycles. The Morgan fingerprint density at radius 3 is 1.58 bits per heavy atom. The van der Waals surface area contributed by atoms with Gasteiger partial charge in [-0.15, -0.1) is 0 Å². The minimum absolute atomic E-state index is 0.914. The van der Waals surface area contributed by atoms with Gasteiger partial charge in [-0.05, 0) is 96.3 Å². The normalized spacial score (nSPS) is 10.7. The Labute approximate surface area is 321 Å². The third-order valence-corrected chi connectivity index (χ3v) is 9.95. The molecule has 0 radical (unpaired) electrons. The number of aromatic nitrogens is 2. The number of imidazole rings is 1. The first-order valence-electron chi connectivity index (χ1n) is 19.3. The molecule has 0 fully saturated rings. The molecule has 0 spiro atoms. The van der Waals surface area contributed by atoms with Crippen molar-refractivity contribution in [2.45, 2.75) is 75.2 Å². The van der Waals surface area contributed by atoms with E-state index in [0.29, 0.717) is 0 Å². The van der Waals surface area contributed by atoms with Crippen LogP contribution in [0.2, 0.25) is 0 Å². The largest absolute Gasteiger partial charge is 0.376 e. The molecule has 0 saturated carbocycles. The van der Waals surface area contributed by atoms with Crippen molar-refractivity contribution >= 4 is 11.4 Å². The molecule has 0 atom stereocenters. The first kappa shape index (κ1) is 40.7. The van der Waals surface area contributed by atoms with Crippen LogP contribution in [-0.4, -0.2) is 37.7 Å². The highest BCUT2D eigenvalue weighted by atomic mass is 15.2. The van der Waals surface area contributed by atoms with Gasteiger partial charge in [0.15, 0.2) is 0 Å². The van der Waals surface area contributed by atoms with Gasteiger partial charge in [-0.1, -0.05) is 137 Å². The van der Waals surface area contributed by atoms with Crippen molar-refractivity contribution in [2.24, 2.45) is 5.92 Å². The van der Waals surface area contributed by atoms with Crippen LogP contribution in [-0.2, 0) is 0 Å². The van der Waals surface area contributed by atoms with Crippen LogP contribution < -0.4 is 9.80 Å². The second-order valence-corrected chi connectivity index (χ2v) is 14.5. The van der Waals surface area contributed by atoms with Crippen LogP contribution in [0.1, 0.15) is 69.7 Å². The number of benzene rings is 5. The summed E-state index contributed by atoms with van der Waals surface area (Å²) in [7, 11) is 8.43. The molecule has 1 heterocycles. The minimum atomic E-state index is 0.914. The van der Waals surface area contributed by atoms with E-state index in [1.165, 1.54) is 68.5 Å². The molecule has 0 N–H and O–H groups in total. The van der Waals surface area contributed by atoms with Crippen molar-refractivity contribution in [3.8, 4) is 50.5 Å². The maximum absolute atomic E-state index is 4.92. The zero-order valence-corrected chi connectivity index (χ0v) is 34.7. The third-order valence-electron chi connectivity index (χ3n) is 9.95. The van der Waals surface area contributed by atoms with Crippen molar-refractivity contribution in [2.75, 3.05) is 38.0 Å². The smallest absolute Gasteiger partial charge is 0.144 e. The molecule has 0 aliphatic rings. The van der Waals surface area contributed by atoms with Crippen LogP contribution >= 0.6 is 0 Å². The van der Waals surface area contributed by atoms with Gasteiger partial charge in [-0.2, -0.15) is 0 Å². The summed E-state index contributed by atoms with van der Waals surface area (Å²) in [6, 6.07) is 35.4. The minimum Gasteiger partial charge on any atom is -0.376 e. The molecular weight excluding hydrogens is 645 g/mol. The summed E-state index contributed by atoms with van der Waals surface area (Å²) in [5.74, 6) is 1.85. The molecule has 6 rings (SSSR count). The first-order valence-corrected chi connectivity index (χ1v) is 19.3. The monoisotopic (exact) mass is 706 g/mol. The molecule has 53 heavy (non-hydrogen) atoms. The number of aryl methyl sites for hydroxylation is 4. The van der Waals surface area contributed by atoms with Gasteiger partial charge < -0.3 is 9.80 Å². The van der Waals surface area contributed by atoms with Gasteiger partial charge in [-0.3, -0.25) is 4.57 Å². The highest BCUT2D eigenvalue weighted by Crippen LogP contribution is 2.40. The van der Waals surface area contributed by atoms with E-state index in [1.807, 2.05) is 20.0 Å². The van der Waals surface area contributed by atoms with Crippen LogP contribution in [0.25, 0.3) is 50.5 Å². The van der Waals surface area contributed by atoms with Gasteiger partial charge in [0.1, 0.15) is 5.82 Å². The van der Waals surface area contributed by atoms with Gasteiger partial charge in [0, 0.05) is 46.1 Å². The molecule has 5 aromatic carbocycles. The quantitative estimate of drug-likeness (QED) is 0.150. The van der Waals surface area contributed by atoms with Crippen molar-refractivity contribution in [3.63, 3.8) is 0 Å². The zero-order chi connectivity index (χ0) is 38.8. The lowest BCUT2D eigenvalue weighted by Crippen LogP contribution is -2.18. The predicted molar refractivity (Wildman–Crippen MR) is 234 cm³/mol. The fourth-order valence-corrected chi connectivity index (χ4v) is 6.71. The van der Waals surface area contributed by atoms with Crippen molar-refractivity contribution < 1.29 is 0 Å². The molecule has 4 nitrogen and oxygen atoms in total. The molecule has 0 saturated heterocycles. The Hall–Kier alpha value is -5.09. The number of hydrogen-bond acceptors (Lipinski definition) is 3. The topological polar surface area (TPSA) is 24.3 Å². The fraction of sp³-hybridized carbons (Fsp3) is 0.327. The van der Waals surface area contributed by atoms with Gasteiger partial charge in [0.2, 0.25) is 0 Å². The summed E-state index contributed by atoms with van der Waals surface area (Å²) in [6.07, 6.45) is 6.64. The fourth-order valence-electron chi connectivity index (χ4n) is 6.71. The van der Waals surface area contributed by atoms with E-state index in [1.54, 1.807) is 0 Å². The standard InChI is InChI=1S/C41H42N4.C6H14.C2H6/c1-27-19-28(2)21-35(20-27)37-23-29(3)36(22-30(37)4)32-15-12-16-33(24-32)41-42-17-18-45(41)40-38(43(5)6)25-34(26-39(40)44(7)8)31-13-10-9-11-14-31;1-4-6(3)5-2;1-2/h9-26H,1-8H3;6H,4-5H2,1-3H3;1-2H3. The lowest BCUT2D eigenvalue weighted by Gasteiger charge is -2.27. The van der Waals surface area contributed by atoms with E-state index >= 15 is 0 Å². The van der Waals surface area contributed by atoms with Crippen LogP contribution in [0.15, 0.2) is 109 Å². The second kappa shape index (κ2) is 18.6. The summed E-state index contributed by atoms with van der Waals surface area (Å²) < 4.78 is 2.24. The van der Waals surface area contributed by atoms with Crippen molar-refractivity contribution in [1.82, 2.24) is 9.55 Å².